The molecule has 1 aliphatic carbocycles. The zero-order valence-corrected chi connectivity index (χ0v) is 10.0. The van der Waals surface area contributed by atoms with E-state index in [1.807, 2.05) is 11.9 Å². The molecule has 0 bridgehead atoms. The molecule has 0 aromatic carbocycles. The first-order valence-electron chi connectivity index (χ1n) is 6.17. The third-order valence-corrected chi connectivity index (χ3v) is 3.36. The predicted molar refractivity (Wildman–Crippen MR) is 62.5 cm³/mol. The molecule has 0 aromatic heterocycles. The van der Waals surface area contributed by atoms with Gasteiger partial charge in [-0.05, 0) is 19.3 Å². The van der Waals surface area contributed by atoms with Gasteiger partial charge in [0, 0.05) is 19.6 Å². The number of rotatable bonds is 4. The van der Waals surface area contributed by atoms with Crippen LogP contribution in [0.4, 0.5) is 0 Å². The molecule has 2 N–H and O–H groups in total. The lowest BCUT2D eigenvalue weighted by molar-refractivity contribution is -0.135. The van der Waals surface area contributed by atoms with Gasteiger partial charge in [0.1, 0.15) is 0 Å². The molecule has 0 spiro atoms. The highest BCUT2D eigenvalue weighted by Crippen LogP contribution is 2.24. The van der Waals surface area contributed by atoms with Crippen molar-refractivity contribution in [1.29, 1.82) is 0 Å². The zero-order chi connectivity index (χ0) is 11.3. The molecule has 0 aromatic rings. The minimum absolute atomic E-state index is 0.0839. The summed E-state index contributed by atoms with van der Waals surface area (Å²) >= 11 is 0. The monoisotopic (exact) mass is 212 g/mol. The van der Waals surface area contributed by atoms with E-state index in [1.165, 1.54) is 6.42 Å². The van der Waals surface area contributed by atoms with Crippen molar-refractivity contribution in [2.24, 2.45) is 11.7 Å². The Hall–Kier alpha value is -0.570. The van der Waals surface area contributed by atoms with E-state index in [1.54, 1.807) is 0 Å². The van der Waals surface area contributed by atoms with Crippen molar-refractivity contribution in [3.8, 4) is 0 Å². The van der Waals surface area contributed by atoms with Crippen molar-refractivity contribution in [1.82, 2.24) is 4.90 Å². The van der Waals surface area contributed by atoms with Gasteiger partial charge in [0.05, 0.1) is 5.92 Å². The Kier molecular flexibility index (Phi) is 5.09. The molecule has 0 saturated heterocycles. The van der Waals surface area contributed by atoms with Gasteiger partial charge in [0.2, 0.25) is 5.91 Å². The second kappa shape index (κ2) is 6.11. The summed E-state index contributed by atoms with van der Waals surface area (Å²) in [6, 6.07) is 0.0929. The maximum atomic E-state index is 12.1. The molecule has 88 valence electrons. The van der Waals surface area contributed by atoms with Crippen LogP contribution in [0, 0.1) is 5.92 Å². The minimum Gasteiger partial charge on any atom is -0.345 e. The molecule has 15 heavy (non-hydrogen) atoms. The lowest BCUT2D eigenvalue weighted by atomic mass is 9.84. The second-order valence-corrected chi connectivity index (χ2v) is 4.67. The smallest absolute Gasteiger partial charge is 0.226 e. The van der Waals surface area contributed by atoms with E-state index in [9.17, 15) is 4.79 Å². The lowest BCUT2D eigenvalue weighted by Crippen LogP contribution is -2.44. The van der Waals surface area contributed by atoms with Gasteiger partial charge in [-0.25, -0.2) is 0 Å². The van der Waals surface area contributed by atoms with Gasteiger partial charge in [-0.15, -0.1) is 0 Å². The Morgan fingerprint density at radius 1 is 1.40 bits per heavy atom. The Labute approximate surface area is 93.0 Å². The molecule has 2 atom stereocenters. The Bertz CT molecular complexity index is 206. The summed E-state index contributed by atoms with van der Waals surface area (Å²) in [7, 11) is 1.90. The second-order valence-electron chi connectivity index (χ2n) is 4.67. The van der Waals surface area contributed by atoms with Crippen LogP contribution in [0.2, 0.25) is 0 Å². The first-order valence-corrected chi connectivity index (χ1v) is 6.17. The molecule has 1 aliphatic rings. The number of nitrogens with zero attached hydrogens (tertiary/aromatic N) is 1. The Balaban J connectivity index is 2.43. The number of nitrogens with two attached hydrogens (primary N) is 1. The number of hydrogen-bond donors (Lipinski definition) is 1. The van der Waals surface area contributed by atoms with Crippen molar-refractivity contribution in [2.45, 2.75) is 51.5 Å². The molecular formula is C12H24N2O. The number of carbonyl (C=O) groups is 1. The first kappa shape index (κ1) is 12.5. The van der Waals surface area contributed by atoms with Crippen LogP contribution in [-0.2, 0) is 4.79 Å². The normalized spacial score (nSPS) is 26.3. The van der Waals surface area contributed by atoms with Gasteiger partial charge in [-0.3, -0.25) is 4.79 Å². The van der Waals surface area contributed by atoms with Gasteiger partial charge in [0.25, 0.3) is 0 Å². The van der Waals surface area contributed by atoms with E-state index < -0.39 is 0 Å². The highest BCUT2D eigenvalue weighted by molar-refractivity contribution is 5.79. The van der Waals surface area contributed by atoms with Crippen LogP contribution < -0.4 is 5.73 Å². The minimum atomic E-state index is 0.0839. The van der Waals surface area contributed by atoms with Gasteiger partial charge in [0.15, 0.2) is 0 Å². The van der Waals surface area contributed by atoms with Gasteiger partial charge in [-0.1, -0.05) is 26.2 Å². The molecule has 3 heteroatoms. The topological polar surface area (TPSA) is 46.3 Å². The summed E-state index contributed by atoms with van der Waals surface area (Å²) < 4.78 is 0. The molecule has 0 heterocycles. The van der Waals surface area contributed by atoms with E-state index in [0.717, 1.165) is 38.6 Å². The molecule has 1 saturated carbocycles. The average Bonchev–Trinajstić information content (AvgIpc) is 2.25. The molecule has 1 rings (SSSR count). The van der Waals surface area contributed by atoms with Crippen molar-refractivity contribution in [2.75, 3.05) is 13.6 Å². The van der Waals surface area contributed by atoms with Gasteiger partial charge in [-0.2, -0.15) is 0 Å². The molecule has 2 unspecified atom stereocenters. The third-order valence-electron chi connectivity index (χ3n) is 3.36. The summed E-state index contributed by atoms with van der Waals surface area (Å²) in [6.45, 7) is 3.02. The van der Waals surface area contributed by atoms with Crippen LogP contribution in [-0.4, -0.2) is 30.4 Å². The molecule has 0 aliphatic heterocycles. The van der Waals surface area contributed by atoms with Crippen molar-refractivity contribution in [3.05, 3.63) is 0 Å². The first-order chi connectivity index (χ1) is 7.16. The highest BCUT2D eigenvalue weighted by atomic mass is 16.2. The van der Waals surface area contributed by atoms with E-state index in [4.69, 9.17) is 5.73 Å². The van der Waals surface area contributed by atoms with E-state index in [-0.39, 0.29) is 17.9 Å². The fourth-order valence-corrected chi connectivity index (χ4v) is 2.25. The van der Waals surface area contributed by atoms with Crippen LogP contribution in [0.15, 0.2) is 0 Å². The maximum Gasteiger partial charge on any atom is 0.226 e. The molecule has 1 fully saturated rings. The summed E-state index contributed by atoms with van der Waals surface area (Å²) in [4.78, 5) is 13.9. The average molecular weight is 212 g/mol. The maximum absolute atomic E-state index is 12.1. The molecular weight excluding hydrogens is 188 g/mol. The molecule has 1 amide bonds. The van der Waals surface area contributed by atoms with Crippen molar-refractivity contribution >= 4 is 5.91 Å². The Morgan fingerprint density at radius 2 is 2.07 bits per heavy atom. The van der Waals surface area contributed by atoms with Gasteiger partial charge >= 0.3 is 0 Å². The number of hydrogen-bond acceptors (Lipinski definition) is 2. The number of unbranched alkanes of at least 4 members (excludes halogenated alkanes) is 1. The van der Waals surface area contributed by atoms with Crippen LogP contribution in [0.5, 0.6) is 0 Å². The predicted octanol–water partition coefficient (Wildman–Crippen LogP) is 1.76. The number of amides is 1. The summed E-state index contributed by atoms with van der Waals surface area (Å²) in [5.74, 6) is 0.344. The number of carbonyl (C=O) groups excluding carboxylic acids is 1. The summed E-state index contributed by atoms with van der Waals surface area (Å²) in [5.41, 5.74) is 6.00. The summed E-state index contributed by atoms with van der Waals surface area (Å²) in [5, 5.41) is 0. The van der Waals surface area contributed by atoms with Crippen LogP contribution in [0.3, 0.4) is 0 Å². The highest BCUT2D eigenvalue weighted by Gasteiger charge is 2.29. The van der Waals surface area contributed by atoms with Crippen LogP contribution >= 0.6 is 0 Å². The van der Waals surface area contributed by atoms with Crippen LogP contribution in [0.1, 0.15) is 45.4 Å². The largest absolute Gasteiger partial charge is 0.345 e. The van der Waals surface area contributed by atoms with E-state index >= 15 is 0 Å². The standard InChI is InChI=1S/C12H24N2O/c1-3-4-9-14(2)12(15)10-7-5-6-8-11(10)13/h10-11H,3-9,13H2,1-2H3. The third kappa shape index (κ3) is 3.49. The quantitative estimate of drug-likeness (QED) is 0.772. The molecule has 3 nitrogen and oxygen atoms in total. The van der Waals surface area contributed by atoms with Crippen LogP contribution in [0.25, 0.3) is 0 Å². The molecule has 0 radical (unpaired) electrons. The Morgan fingerprint density at radius 3 is 2.67 bits per heavy atom. The van der Waals surface area contributed by atoms with Crippen molar-refractivity contribution in [3.63, 3.8) is 0 Å². The zero-order valence-electron chi connectivity index (χ0n) is 10.0. The van der Waals surface area contributed by atoms with E-state index in [0.29, 0.717) is 0 Å². The fourth-order valence-electron chi connectivity index (χ4n) is 2.25. The summed E-state index contributed by atoms with van der Waals surface area (Å²) in [6.07, 6.45) is 6.56. The SMILES string of the molecule is CCCCN(C)C(=O)C1CCCCC1N. The van der Waals surface area contributed by atoms with Crippen molar-refractivity contribution < 1.29 is 4.79 Å². The van der Waals surface area contributed by atoms with Gasteiger partial charge < -0.3 is 10.6 Å². The van der Waals surface area contributed by atoms with E-state index in [2.05, 4.69) is 6.92 Å². The fraction of sp³-hybridized carbons (Fsp3) is 0.917. The lowest BCUT2D eigenvalue weighted by Gasteiger charge is -2.31.